The molecule has 0 amide bonds. The Morgan fingerprint density at radius 2 is 0.800 bits per heavy atom. The summed E-state index contributed by atoms with van der Waals surface area (Å²) in [6.45, 7) is 0. The van der Waals surface area contributed by atoms with Crippen LogP contribution in [0.5, 0.6) is 0 Å². The predicted octanol–water partition coefficient (Wildman–Crippen LogP) is 14.3. The quantitative estimate of drug-likeness (QED) is 0.164. The predicted molar refractivity (Wildman–Crippen MR) is 233 cm³/mol. The van der Waals surface area contributed by atoms with E-state index in [1.165, 1.54) is 81.9 Å². The minimum Gasteiger partial charge on any atom is -0.309 e. The third-order valence-corrected chi connectivity index (χ3v) is 11.2. The van der Waals surface area contributed by atoms with Gasteiger partial charge in [-0.15, -0.1) is 0 Å². The van der Waals surface area contributed by atoms with E-state index in [0.717, 1.165) is 22.5 Å². The Bertz CT molecular complexity index is 3160. The summed E-state index contributed by atoms with van der Waals surface area (Å²) in [4.78, 5) is 5.16. The average molecular weight is 699 g/mol. The fourth-order valence-corrected chi connectivity index (χ4v) is 8.64. The summed E-state index contributed by atoms with van der Waals surface area (Å²) < 4.78 is 2.39. The van der Waals surface area contributed by atoms with E-state index >= 15 is 0 Å². The van der Waals surface area contributed by atoms with E-state index in [9.17, 15) is 0 Å². The van der Waals surface area contributed by atoms with Crippen LogP contribution in [0.1, 0.15) is 0 Å². The van der Waals surface area contributed by atoms with Crippen molar-refractivity contribution in [1.82, 2.24) is 9.55 Å². The molecule has 0 saturated carbocycles. The number of benzene rings is 9. The van der Waals surface area contributed by atoms with Crippen molar-refractivity contribution in [2.45, 2.75) is 0 Å². The zero-order valence-corrected chi connectivity index (χ0v) is 30.0. The van der Waals surface area contributed by atoms with Gasteiger partial charge in [0.05, 0.1) is 16.7 Å². The lowest BCUT2D eigenvalue weighted by molar-refractivity contribution is 1.18. The standard InChI is InChI=1S/C53H34N2/c1-3-13-35(14-4-1)36-23-25-37(26-24-36)52-44-19-9-11-21-46(44)53(47-22-12-10-20-45(47)52)41-28-30-49(54-34-41)40-27-29-43-48-31-38-15-7-8-16-39(38)32-51(48)55(50(43)33-40)42-17-5-2-6-18-42/h1-34H. The maximum atomic E-state index is 5.16. The van der Waals surface area contributed by atoms with E-state index in [1.807, 2.05) is 0 Å². The van der Waals surface area contributed by atoms with E-state index in [-0.39, 0.29) is 0 Å². The lowest BCUT2D eigenvalue weighted by Gasteiger charge is -2.18. The van der Waals surface area contributed by atoms with Crippen LogP contribution in [0, 0.1) is 0 Å². The normalized spacial score (nSPS) is 11.6. The van der Waals surface area contributed by atoms with Crippen LogP contribution in [0.2, 0.25) is 0 Å². The van der Waals surface area contributed by atoms with Crippen LogP contribution in [0.3, 0.4) is 0 Å². The smallest absolute Gasteiger partial charge is 0.0703 e. The van der Waals surface area contributed by atoms with Gasteiger partial charge in [0.2, 0.25) is 0 Å². The highest BCUT2D eigenvalue weighted by Gasteiger charge is 2.18. The van der Waals surface area contributed by atoms with Gasteiger partial charge in [-0.1, -0.05) is 164 Å². The van der Waals surface area contributed by atoms with Crippen molar-refractivity contribution >= 4 is 54.1 Å². The number of para-hydroxylation sites is 1. The number of aromatic nitrogens is 2. The second-order valence-electron chi connectivity index (χ2n) is 14.3. The maximum Gasteiger partial charge on any atom is 0.0703 e. The minimum absolute atomic E-state index is 0.949. The van der Waals surface area contributed by atoms with Crippen LogP contribution < -0.4 is 0 Å². The van der Waals surface area contributed by atoms with Crippen molar-refractivity contribution in [3.05, 3.63) is 206 Å². The molecule has 0 radical (unpaired) electrons. The van der Waals surface area contributed by atoms with Crippen molar-refractivity contribution in [3.63, 3.8) is 0 Å². The maximum absolute atomic E-state index is 5.16. The Morgan fingerprint density at radius 1 is 0.309 bits per heavy atom. The molecule has 0 spiro atoms. The molecule has 2 aromatic heterocycles. The molecule has 11 rings (SSSR count). The molecule has 0 N–H and O–H groups in total. The van der Waals surface area contributed by atoms with Gasteiger partial charge >= 0.3 is 0 Å². The lowest BCUT2D eigenvalue weighted by Crippen LogP contribution is -1.94. The highest BCUT2D eigenvalue weighted by atomic mass is 15.0. The Kier molecular flexibility index (Phi) is 7.21. The fourth-order valence-electron chi connectivity index (χ4n) is 8.64. The highest BCUT2D eigenvalue weighted by Crippen LogP contribution is 2.44. The summed E-state index contributed by atoms with van der Waals surface area (Å²) in [5, 5.41) is 9.88. The fraction of sp³-hybridized carbons (Fsp3) is 0. The molecule has 0 aliphatic rings. The van der Waals surface area contributed by atoms with Crippen LogP contribution >= 0.6 is 0 Å². The molecule has 0 aliphatic carbocycles. The molecule has 55 heavy (non-hydrogen) atoms. The molecular weight excluding hydrogens is 665 g/mol. The van der Waals surface area contributed by atoms with Crippen molar-refractivity contribution in [2.75, 3.05) is 0 Å². The molecule has 0 bridgehead atoms. The van der Waals surface area contributed by atoms with Gasteiger partial charge in [-0.3, -0.25) is 4.98 Å². The Hall–Kier alpha value is -7.29. The molecule has 11 aromatic rings. The Morgan fingerprint density at radius 3 is 1.44 bits per heavy atom. The van der Waals surface area contributed by atoms with Crippen LogP contribution in [0.25, 0.3) is 104 Å². The zero-order chi connectivity index (χ0) is 36.3. The van der Waals surface area contributed by atoms with Gasteiger partial charge in [0.1, 0.15) is 0 Å². The average Bonchev–Trinajstić information content (AvgIpc) is 3.57. The van der Waals surface area contributed by atoms with Crippen LogP contribution in [0.15, 0.2) is 206 Å². The molecule has 0 saturated heterocycles. The van der Waals surface area contributed by atoms with E-state index in [2.05, 4.69) is 211 Å². The van der Waals surface area contributed by atoms with Gasteiger partial charge in [0.25, 0.3) is 0 Å². The topological polar surface area (TPSA) is 17.8 Å². The number of hydrogen-bond donors (Lipinski definition) is 0. The van der Waals surface area contributed by atoms with Crippen molar-refractivity contribution in [2.24, 2.45) is 0 Å². The van der Waals surface area contributed by atoms with Crippen LogP contribution in [0.4, 0.5) is 0 Å². The van der Waals surface area contributed by atoms with Gasteiger partial charge < -0.3 is 4.57 Å². The molecule has 0 aliphatic heterocycles. The monoisotopic (exact) mass is 698 g/mol. The summed E-state index contributed by atoms with van der Waals surface area (Å²) in [6, 6.07) is 72.4. The van der Waals surface area contributed by atoms with E-state index < -0.39 is 0 Å². The van der Waals surface area contributed by atoms with Crippen molar-refractivity contribution in [1.29, 1.82) is 0 Å². The summed E-state index contributed by atoms with van der Waals surface area (Å²) in [7, 11) is 0. The molecule has 0 fully saturated rings. The van der Waals surface area contributed by atoms with E-state index in [4.69, 9.17) is 4.98 Å². The van der Waals surface area contributed by atoms with Crippen molar-refractivity contribution in [3.8, 4) is 50.3 Å². The first-order valence-corrected chi connectivity index (χ1v) is 18.9. The number of hydrogen-bond acceptors (Lipinski definition) is 1. The first-order chi connectivity index (χ1) is 27.3. The lowest BCUT2D eigenvalue weighted by atomic mass is 9.86. The SMILES string of the molecule is c1ccc(-c2ccc(-c3c4ccccc4c(-c4ccc(-c5ccc6c7cc8ccccc8cc7n(-c7ccccc7)c6c5)nc4)c4ccccc34)cc2)cc1. The number of rotatable bonds is 5. The summed E-state index contributed by atoms with van der Waals surface area (Å²) >= 11 is 0. The Balaban J connectivity index is 1.04. The summed E-state index contributed by atoms with van der Waals surface area (Å²) in [5.41, 5.74) is 12.8. The molecule has 2 heterocycles. The second-order valence-corrected chi connectivity index (χ2v) is 14.3. The van der Waals surface area contributed by atoms with Crippen LogP contribution in [-0.2, 0) is 0 Å². The molecule has 9 aromatic carbocycles. The summed E-state index contributed by atoms with van der Waals surface area (Å²) in [6.07, 6.45) is 2.06. The highest BCUT2D eigenvalue weighted by molar-refractivity contribution is 6.21. The second kappa shape index (κ2) is 12.7. The molecule has 2 nitrogen and oxygen atoms in total. The number of pyridine rings is 1. The van der Waals surface area contributed by atoms with Gasteiger partial charge in [0.15, 0.2) is 0 Å². The third kappa shape index (κ3) is 5.15. The summed E-state index contributed by atoms with van der Waals surface area (Å²) in [5.74, 6) is 0. The van der Waals surface area contributed by atoms with Gasteiger partial charge in [-0.05, 0) is 96.5 Å². The molecule has 256 valence electrons. The first kappa shape index (κ1) is 31.3. The third-order valence-electron chi connectivity index (χ3n) is 11.2. The number of fused-ring (bicyclic) bond motifs is 6. The Labute approximate surface area is 319 Å². The first-order valence-electron chi connectivity index (χ1n) is 18.9. The van der Waals surface area contributed by atoms with Crippen molar-refractivity contribution < 1.29 is 0 Å². The van der Waals surface area contributed by atoms with E-state index in [0.29, 0.717) is 0 Å². The van der Waals surface area contributed by atoms with Gasteiger partial charge in [0, 0.05) is 33.8 Å². The zero-order valence-electron chi connectivity index (χ0n) is 30.0. The molecular formula is C53H34N2. The van der Waals surface area contributed by atoms with Gasteiger partial charge in [-0.2, -0.15) is 0 Å². The van der Waals surface area contributed by atoms with Gasteiger partial charge in [-0.25, -0.2) is 0 Å². The molecule has 0 atom stereocenters. The minimum atomic E-state index is 0.949. The van der Waals surface area contributed by atoms with Crippen LogP contribution in [-0.4, -0.2) is 9.55 Å². The molecule has 0 unspecified atom stereocenters. The largest absolute Gasteiger partial charge is 0.309 e. The molecule has 2 heteroatoms. The number of nitrogens with zero attached hydrogens (tertiary/aromatic N) is 2. The van der Waals surface area contributed by atoms with E-state index in [1.54, 1.807) is 0 Å².